The Hall–Kier alpha value is -3.87. The standard InChI is InChI=1S/C27H31N3O4/c1-18-10-12-22(13-11-18)17-30-20(3)24(19(2)29-30)14-15-26(31)34-21(4)27(32)28-16-23-8-6-7-9-25(23)33-5/h6-15,21H,16-17H2,1-5H3,(H,28,32)/b15-14+. The molecule has 2 aromatic carbocycles. The Bertz CT molecular complexity index is 1180. The van der Waals surface area contributed by atoms with Gasteiger partial charge in [0.25, 0.3) is 5.91 Å². The fourth-order valence-electron chi connectivity index (χ4n) is 3.57. The Morgan fingerprint density at radius 2 is 1.79 bits per heavy atom. The quantitative estimate of drug-likeness (QED) is 0.383. The third kappa shape index (κ3) is 6.34. The lowest BCUT2D eigenvalue weighted by Crippen LogP contribution is -2.35. The van der Waals surface area contributed by atoms with E-state index in [1.54, 1.807) is 20.1 Å². The van der Waals surface area contributed by atoms with Crippen molar-refractivity contribution in [3.8, 4) is 5.75 Å². The molecule has 0 radical (unpaired) electrons. The summed E-state index contributed by atoms with van der Waals surface area (Å²) in [7, 11) is 1.58. The number of nitrogens with zero attached hydrogens (tertiary/aromatic N) is 2. The van der Waals surface area contributed by atoms with Crippen molar-refractivity contribution >= 4 is 18.0 Å². The highest BCUT2D eigenvalue weighted by molar-refractivity contribution is 5.90. The van der Waals surface area contributed by atoms with Crippen LogP contribution in [0.3, 0.4) is 0 Å². The van der Waals surface area contributed by atoms with Crippen LogP contribution >= 0.6 is 0 Å². The average Bonchev–Trinajstić information content (AvgIpc) is 3.09. The van der Waals surface area contributed by atoms with Crippen LogP contribution in [-0.4, -0.2) is 34.9 Å². The van der Waals surface area contributed by atoms with Gasteiger partial charge in [-0.15, -0.1) is 0 Å². The Labute approximate surface area is 200 Å². The highest BCUT2D eigenvalue weighted by Gasteiger charge is 2.17. The molecule has 1 amide bonds. The van der Waals surface area contributed by atoms with E-state index in [0.29, 0.717) is 12.3 Å². The highest BCUT2D eigenvalue weighted by atomic mass is 16.5. The second kappa shape index (κ2) is 11.3. The number of aryl methyl sites for hydroxylation is 2. The lowest BCUT2D eigenvalue weighted by molar-refractivity contribution is -0.150. The van der Waals surface area contributed by atoms with Crippen LogP contribution in [0.1, 0.15) is 40.6 Å². The first-order chi connectivity index (χ1) is 16.3. The average molecular weight is 462 g/mol. The maximum absolute atomic E-state index is 12.4. The summed E-state index contributed by atoms with van der Waals surface area (Å²) in [4.78, 5) is 24.7. The van der Waals surface area contributed by atoms with Crippen LogP contribution in [0.4, 0.5) is 0 Å². The molecule has 0 bridgehead atoms. The zero-order valence-corrected chi connectivity index (χ0v) is 20.3. The molecule has 7 nitrogen and oxygen atoms in total. The molecule has 7 heteroatoms. The third-order valence-electron chi connectivity index (χ3n) is 5.58. The molecule has 0 spiro atoms. The maximum atomic E-state index is 12.4. The summed E-state index contributed by atoms with van der Waals surface area (Å²) in [5.74, 6) is -0.292. The first kappa shape index (κ1) is 24.8. The van der Waals surface area contributed by atoms with Crippen molar-refractivity contribution in [2.24, 2.45) is 0 Å². The molecule has 1 N–H and O–H groups in total. The Morgan fingerprint density at radius 1 is 1.09 bits per heavy atom. The number of para-hydroxylation sites is 1. The summed E-state index contributed by atoms with van der Waals surface area (Å²) in [6, 6.07) is 15.7. The summed E-state index contributed by atoms with van der Waals surface area (Å²) >= 11 is 0. The summed E-state index contributed by atoms with van der Waals surface area (Å²) in [5.41, 5.74) is 5.82. The molecule has 178 valence electrons. The minimum absolute atomic E-state index is 0.277. The normalized spacial score (nSPS) is 11.9. The van der Waals surface area contributed by atoms with Crippen LogP contribution in [0.2, 0.25) is 0 Å². The number of amides is 1. The smallest absolute Gasteiger partial charge is 0.331 e. The van der Waals surface area contributed by atoms with E-state index in [9.17, 15) is 9.59 Å². The second-order valence-electron chi connectivity index (χ2n) is 8.17. The second-order valence-corrected chi connectivity index (χ2v) is 8.17. The van der Waals surface area contributed by atoms with Crippen LogP contribution in [0.25, 0.3) is 6.08 Å². The van der Waals surface area contributed by atoms with Crippen molar-refractivity contribution in [3.63, 3.8) is 0 Å². The summed E-state index contributed by atoms with van der Waals surface area (Å²) in [6.45, 7) is 8.39. The maximum Gasteiger partial charge on any atom is 0.331 e. The van der Waals surface area contributed by atoms with Crippen molar-refractivity contribution in [1.29, 1.82) is 0 Å². The van der Waals surface area contributed by atoms with Gasteiger partial charge in [-0.1, -0.05) is 48.0 Å². The molecule has 1 heterocycles. The summed E-state index contributed by atoms with van der Waals surface area (Å²) in [5, 5.41) is 7.37. The zero-order valence-electron chi connectivity index (χ0n) is 20.3. The Kier molecular flexibility index (Phi) is 8.24. The number of hydrogen-bond acceptors (Lipinski definition) is 5. The predicted molar refractivity (Wildman–Crippen MR) is 131 cm³/mol. The fraction of sp³-hybridized carbons (Fsp3) is 0.296. The number of esters is 1. The number of ether oxygens (including phenoxy) is 2. The molecule has 0 aliphatic carbocycles. The van der Waals surface area contributed by atoms with E-state index in [0.717, 1.165) is 28.1 Å². The predicted octanol–water partition coefficient (Wildman–Crippen LogP) is 4.13. The molecule has 0 aliphatic rings. The third-order valence-corrected chi connectivity index (χ3v) is 5.58. The minimum atomic E-state index is -0.932. The van der Waals surface area contributed by atoms with Gasteiger partial charge in [-0.3, -0.25) is 9.48 Å². The first-order valence-corrected chi connectivity index (χ1v) is 11.2. The van der Waals surface area contributed by atoms with E-state index in [2.05, 4.69) is 41.6 Å². The van der Waals surface area contributed by atoms with Gasteiger partial charge in [0.1, 0.15) is 5.75 Å². The number of methoxy groups -OCH3 is 1. The van der Waals surface area contributed by atoms with Crippen LogP contribution in [0.5, 0.6) is 5.75 Å². The Morgan fingerprint density at radius 3 is 2.50 bits per heavy atom. The number of benzene rings is 2. The highest BCUT2D eigenvalue weighted by Crippen LogP contribution is 2.18. The van der Waals surface area contributed by atoms with Crippen molar-refractivity contribution in [2.75, 3.05) is 7.11 Å². The van der Waals surface area contributed by atoms with Gasteiger partial charge in [0, 0.05) is 29.4 Å². The van der Waals surface area contributed by atoms with Gasteiger partial charge in [0.2, 0.25) is 0 Å². The van der Waals surface area contributed by atoms with Gasteiger partial charge in [0.05, 0.1) is 19.3 Å². The number of carbonyl (C=O) groups excluding carboxylic acids is 2. The molecule has 0 fully saturated rings. The molecule has 34 heavy (non-hydrogen) atoms. The zero-order chi connectivity index (χ0) is 24.7. The molecule has 3 aromatic rings. The van der Waals surface area contributed by atoms with Gasteiger partial charge in [-0.25, -0.2) is 4.79 Å². The van der Waals surface area contributed by atoms with Crippen LogP contribution in [0, 0.1) is 20.8 Å². The number of hydrogen-bond donors (Lipinski definition) is 1. The van der Waals surface area contributed by atoms with E-state index in [1.165, 1.54) is 11.6 Å². The molecule has 0 aliphatic heterocycles. The number of aromatic nitrogens is 2. The van der Waals surface area contributed by atoms with Crippen LogP contribution in [0.15, 0.2) is 54.6 Å². The van der Waals surface area contributed by atoms with Crippen LogP contribution in [-0.2, 0) is 27.4 Å². The number of nitrogens with one attached hydrogen (secondary N) is 1. The summed E-state index contributed by atoms with van der Waals surface area (Å²) in [6.07, 6.45) is 2.08. The number of rotatable bonds is 9. The van der Waals surface area contributed by atoms with E-state index >= 15 is 0 Å². The van der Waals surface area contributed by atoms with Crippen molar-refractivity contribution in [3.05, 3.63) is 88.2 Å². The van der Waals surface area contributed by atoms with Gasteiger partial charge < -0.3 is 14.8 Å². The van der Waals surface area contributed by atoms with Crippen molar-refractivity contribution in [1.82, 2.24) is 15.1 Å². The molecule has 1 aromatic heterocycles. The molecular formula is C27H31N3O4. The van der Waals surface area contributed by atoms with Crippen molar-refractivity contribution in [2.45, 2.75) is 46.9 Å². The van der Waals surface area contributed by atoms with Crippen molar-refractivity contribution < 1.29 is 19.1 Å². The lowest BCUT2D eigenvalue weighted by atomic mass is 10.1. The van der Waals surface area contributed by atoms with Gasteiger partial charge in [-0.05, 0) is 45.4 Å². The number of carbonyl (C=O) groups is 2. The molecule has 0 saturated carbocycles. The van der Waals surface area contributed by atoms with Gasteiger partial charge in [0.15, 0.2) is 6.10 Å². The fourth-order valence-corrected chi connectivity index (χ4v) is 3.57. The SMILES string of the molecule is COc1ccccc1CNC(=O)C(C)OC(=O)/C=C/c1c(C)nn(Cc2ccc(C)cc2)c1C. The molecular weight excluding hydrogens is 430 g/mol. The van der Waals surface area contributed by atoms with Gasteiger partial charge >= 0.3 is 5.97 Å². The van der Waals surface area contributed by atoms with Crippen LogP contribution < -0.4 is 10.1 Å². The molecule has 1 unspecified atom stereocenters. The topological polar surface area (TPSA) is 82.4 Å². The monoisotopic (exact) mass is 461 g/mol. The van der Waals surface area contributed by atoms with E-state index < -0.39 is 12.1 Å². The minimum Gasteiger partial charge on any atom is -0.496 e. The molecule has 3 rings (SSSR count). The van der Waals surface area contributed by atoms with E-state index in [-0.39, 0.29) is 12.5 Å². The summed E-state index contributed by atoms with van der Waals surface area (Å²) < 4.78 is 12.5. The molecule has 0 saturated heterocycles. The van der Waals surface area contributed by atoms with Gasteiger partial charge in [-0.2, -0.15) is 5.10 Å². The largest absolute Gasteiger partial charge is 0.496 e. The van der Waals surface area contributed by atoms with E-state index in [4.69, 9.17) is 9.47 Å². The van der Waals surface area contributed by atoms with E-state index in [1.807, 2.05) is 42.8 Å². The first-order valence-electron chi connectivity index (χ1n) is 11.2. The Balaban J connectivity index is 1.57. The molecule has 1 atom stereocenters. The lowest BCUT2D eigenvalue weighted by Gasteiger charge is -2.13.